The van der Waals surface area contributed by atoms with Gasteiger partial charge in [0.2, 0.25) is 10.0 Å². The molecule has 0 bridgehead atoms. The lowest BCUT2D eigenvalue weighted by atomic mass is 10.0. The summed E-state index contributed by atoms with van der Waals surface area (Å²) in [6.07, 6.45) is 1.79. The normalized spacial score (nSPS) is 14.8. The number of amides is 1. The Balaban J connectivity index is 1.74. The Labute approximate surface area is 171 Å². The van der Waals surface area contributed by atoms with Gasteiger partial charge in [0.05, 0.1) is 18.0 Å². The predicted molar refractivity (Wildman–Crippen MR) is 113 cm³/mol. The molecule has 1 N–H and O–H groups in total. The van der Waals surface area contributed by atoms with E-state index >= 15 is 0 Å². The number of halogens is 1. The Morgan fingerprint density at radius 1 is 1.25 bits per heavy atom. The van der Waals surface area contributed by atoms with Gasteiger partial charge in [-0.3, -0.25) is 9.10 Å². The number of sulfonamides is 1. The standard InChI is InChI=1S/C20H24ClN3O3S/c1-23(2)19(16-6-4-5-7-17(16)21)13-22-20(25)15-8-9-18-14(12-15)10-11-24(18)28(3,26)27/h4-9,12,19H,10-11,13H2,1-3H3,(H,22,25). The van der Waals surface area contributed by atoms with Gasteiger partial charge in [0.1, 0.15) is 0 Å². The highest BCUT2D eigenvalue weighted by atomic mass is 35.5. The van der Waals surface area contributed by atoms with Crippen LogP contribution in [0, 0.1) is 0 Å². The summed E-state index contributed by atoms with van der Waals surface area (Å²) in [7, 11) is 0.580. The molecule has 0 fully saturated rings. The summed E-state index contributed by atoms with van der Waals surface area (Å²) in [5, 5.41) is 3.63. The highest BCUT2D eigenvalue weighted by Gasteiger charge is 2.27. The number of carbonyl (C=O) groups is 1. The van der Waals surface area contributed by atoms with Gasteiger partial charge >= 0.3 is 0 Å². The number of nitrogens with zero attached hydrogens (tertiary/aromatic N) is 2. The first-order valence-corrected chi connectivity index (χ1v) is 11.2. The highest BCUT2D eigenvalue weighted by molar-refractivity contribution is 7.92. The van der Waals surface area contributed by atoms with Crippen molar-refractivity contribution in [2.45, 2.75) is 12.5 Å². The van der Waals surface area contributed by atoms with Crippen molar-refractivity contribution in [1.29, 1.82) is 0 Å². The monoisotopic (exact) mass is 421 g/mol. The van der Waals surface area contributed by atoms with Gasteiger partial charge < -0.3 is 10.2 Å². The lowest BCUT2D eigenvalue weighted by Gasteiger charge is -2.26. The average Bonchev–Trinajstić information content (AvgIpc) is 3.06. The van der Waals surface area contributed by atoms with Gasteiger partial charge in [-0.25, -0.2) is 8.42 Å². The van der Waals surface area contributed by atoms with Crippen LogP contribution in [0.5, 0.6) is 0 Å². The third-order valence-electron chi connectivity index (χ3n) is 4.94. The zero-order valence-electron chi connectivity index (χ0n) is 16.1. The molecule has 28 heavy (non-hydrogen) atoms. The first-order chi connectivity index (χ1) is 13.2. The van der Waals surface area contributed by atoms with E-state index in [1.165, 1.54) is 10.6 Å². The minimum absolute atomic E-state index is 0.0622. The van der Waals surface area contributed by atoms with E-state index in [0.29, 0.717) is 35.8 Å². The molecule has 3 rings (SSSR count). The number of carbonyl (C=O) groups excluding carboxylic acids is 1. The number of rotatable bonds is 6. The Morgan fingerprint density at radius 3 is 2.61 bits per heavy atom. The van der Waals surface area contributed by atoms with Gasteiger partial charge in [-0.05, 0) is 55.9 Å². The van der Waals surface area contributed by atoms with Crippen LogP contribution in [-0.4, -0.2) is 52.7 Å². The lowest BCUT2D eigenvalue weighted by molar-refractivity contribution is 0.0942. The van der Waals surface area contributed by atoms with Crippen molar-refractivity contribution in [3.8, 4) is 0 Å². The summed E-state index contributed by atoms with van der Waals surface area (Å²) in [6.45, 7) is 0.816. The van der Waals surface area contributed by atoms with Crippen LogP contribution in [-0.2, 0) is 16.4 Å². The average molecular weight is 422 g/mol. The van der Waals surface area contributed by atoms with Crippen LogP contribution in [0.25, 0.3) is 0 Å². The molecule has 150 valence electrons. The summed E-state index contributed by atoms with van der Waals surface area (Å²) in [4.78, 5) is 14.7. The SMILES string of the molecule is CN(C)C(CNC(=O)c1ccc2c(c1)CCN2S(C)(=O)=O)c1ccccc1Cl. The van der Waals surface area contributed by atoms with Crippen LogP contribution in [0.4, 0.5) is 5.69 Å². The van der Waals surface area contributed by atoms with E-state index in [-0.39, 0.29) is 11.9 Å². The van der Waals surface area contributed by atoms with E-state index in [9.17, 15) is 13.2 Å². The maximum atomic E-state index is 12.7. The first kappa shape index (κ1) is 20.6. The van der Waals surface area contributed by atoms with Crippen molar-refractivity contribution in [3.63, 3.8) is 0 Å². The van der Waals surface area contributed by atoms with Gasteiger partial charge in [0.15, 0.2) is 0 Å². The molecular formula is C20H24ClN3O3S. The van der Waals surface area contributed by atoms with E-state index in [2.05, 4.69) is 5.32 Å². The molecule has 1 unspecified atom stereocenters. The molecule has 1 atom stereocenters. The maximum absolute atomic E-state index is 12.7. The fourth-order valence-electron chi connectivity index (χ4n) is 3.46. The highest BCUT2D eigenvalue weighted by Crippen LogP contribution is 2.31. The molecule has 0 saturated heterocycles. The zero-order valence-corrected chi connectivity index (χ0v) is 17.7. The third-order valence-corrected chi connectivity index (χ3v) is 6.46. The van der Waals surface area contributed by atoms with E-state index in [0.717, 1.165) is 11.1 Å². The maximum Gasteiger partial charge on any atom is 0.251 e. The molecule has 6 nitrogen and oxygen atoms in total. The van der Waals surface area contributed by atoms with Crippen molar-refractivity contribution < 1.29 is 13.2 Å². The second-order valence-electron chi connectivity index (χ2n) is 7.14. The van der Waals surface area contributed by atoms with Crippen molar-refractivity contribution in [2.24, 2.45) is 0 Å². The molecule has 0 saturated carbocycles. The third kappa shape index (κ3) is 4.32. The zero-order chi connectivity index (χ0) is 20.5. The largest absolute Gasteiger partial charge is 0.350 e. The van der Waals surface area contributed by atoms with Crippen LogP contribution in [0.2, 0.25) is 5.02 Å². The number of fused-ring (bicyclic) bond motifs is 1. The fraction of sp³-hybridized carbons (Fsp3) is 0.350. The Kier molecular flexibility index (Phi) is 5.98. The van der Waals surface area contributed by atoms with Crippen molar-refractivity contribution in [3.05, 3.63) is 64.2 Å². The quantitative estimate of drug-likeness (QED) is 0.778. The number of anilines is 1. The van der Waals surface area contributed by atoms with E-state index in [1.807, 2.05) is 43.3 Å². The summed E-state index contributed by atoms with van der Waals surface area (Å²) in [5.74, 6) is -0.195. The number of likely N-dealkylation sites (N-methyl/N-ethyl adjacent to an activating group) is 1. The lowest BCUT2D eigenvalue weighted by Crippen LogP contribution is -2.34. The summed E-state index contributed by atoms with van der Waals surface area (Å²) in [5.41, 5.74) is 2.99. The minimum Gasteiger partial charge on any atom is -0.350 e. The molecule has 2 aromatic rings. The van der Waals surface area contributed by atoms with E-state index in [1.54, 1.807) is 18.2 Å². The smallest absolute Gasteiger partial charge is 0.251 e. The van der Waals surface area contributed by atoms with Gasteiger partial charge in [0.25, 0.3) is 5.91 Å². The minimum atomic E-state index is -3.30. The van der Waals surface area contributed by atoms with Gasteiger partial charge in [0, 0.05) is 23.7 Å². The van der Waals surface area contributed by atoms with Crippen LogP contribution >= 0.6 is 11.6 Å². The second-order valence-corrected chi connectivity index (χ2v) is 9.45. The topological polar surface area (TPSA) is 69.7 Å². The molecule has 1 aliphatic rings. The molecule has 1 aliphatic heterocycles. The molecule has 2 aromatic carbocycles. The van der Waals surface area contributed by atoms with Gasteiger partial charge in [-0.2, -0.15) is 0 Å². The van der Waals surface area contributed by atoms with Crippen LogP contribution < -0.4 is 9.62 Å². The summed E-state index contributed by atoms with van der Waals surface area (Å²) in [6, 6.07) is 12.7. The van der Waals surface area contributed by atoms with Crippen LogP contribution in [0.3, 0.4) is 0 Å². The molecule has 0 spiro atoms. The fourth-order valence-corrected chi connectivity index (χ4v) is 4.68. The van der Waals surface area contributed by atoms with Crippen molar-refractivity contribution in [2.75, 3.05) is 37.7 Å². The molecule has 0 radical (unpaired) electrons. The molecule has 0 aliphatic carbocycles. The van der Waals surface area contributed by atoms with Gasteiger partial charge in [-0.1, -0.05) is 29.8 Å². The predicted octanol–water partition coefficient (Wildman–Crippen LogP) is 2.69. The first-order valence-electron chi connectivity index (χ1n) is 8.98. The number of nitrogens with one attached hydrogen (secondary N) is 1. The van der Waals surface area contributed by atoms with Gasteiger partial charge in [-0.15, -0.1) is 0 Å². The molecule has 1 heterocycles. The van der Waals surface area contributed by atoms with Crippen LogP contribution in [0.15, 0.2) is 42.5 Å². The van der Waals surface area contributed by atoms with Crippen molar-refractivity contribution in [1.82, 2.24) is 10.2 Å². The second kappa shape index (κ2) is 8.11. The van der Waals surface area contributed by atoms with E-state index in [4.69, 9.17) is 11.6 Å². The molecule has 1 amide bonds. The van der Waals surface area contributed by atoms with E-state index < -0.39 is 10.0 Å². The number of benzene rings is 2. The summed E-state index contributed by atoms with van der Waals surface area (Å²) >= 11 is 6.32. The molecule has 8 heteroatoms. The van der Waals surface area contributed by atoms with Crippen molar-refractivity contribution >= 4 is 33.2 Å². The molecular weight excluding hydrogens is 398 g/mol. The number of hydrogen-bond acceptors (Lipinski definition) is 4. The Hall–Kier alpha value is -2.09. The van der Waals surface area contributed by atoms with Crippen LogP contribution in [0.1, 0.15) is 27.5 Å². The summed E-state index contributed by atoms with van der Waals surface area (Å²) < 4.78 is 25.1. The number of hydrogen-bond donors (Lipinski definition) is 1. The molecule has 0 aromatic heterocycles. The Morgan fingerprint density at radius 2 is 1.96 bits per heavy atom. The Bertz CT molecular complexity index is 992.